The van der Waals surface area contributed by atoms with E-state index in [1.165, 1.54) is 22.3 Å². The standard InChI is InChI=1S/C17H18BrIO/c1-12-13(4-3-5-17(12)20-2)6-7-14-8-9-16(18)10-15(14)11-19/h3-5,8-10H,6-7,11H2,1-2H3. The summed E-state index contributed by atoms with van der Waals surface area (Å²) in [6.07, 6.45) is 2.12. The Bertz CT molecular complexity index is 596. The fourth-order valence-electron chi connectivity index (χ4n) is 2.38. The van der Waals surface area contributed by atoms with Gasteiger partial charge in [0.15, 0.2) is 0 Å². The molecule has 2 rings (SSSR count). The van der Waals surface area contributed by atoms with Crippen molar-refractivity contribution < 1.29 is 4.74 Å². The van der Waals surface area contributed by atoms with E-state index in [9.17, 15) is 0 Å². The molecule has 0 fully saturated rings. The molecule has 0 saturated carbocycles. The van der Waals surface area contributed by atoms with Gasteiger partial charge < -0.3 is 4.74 Å². The lowest BCUT2D eigenvalue weighted by atomic mass is 9.98. The van der Waals surface area contributed by atoms with Crippen LogP contribution in [0.5, 0.6) is 5.75 Å². The third kappa shape index (κ3) is 3.76. The fourth-order valence-corrected chi connectivity index (χ4v) is 3.50. The second-order valence-electron chi connectivity index (χ2n) is 4.79. The summed E-state index contributed by atoms with van der Waals surface area (Å²) in [6, 6.07) is 12.9. The van der Waals surface area contributed by atoms with E-state index >= 15 is 0 Å². The highest BCUT2D eigenvalue weighted by Gasteiger charge is 2.07. The lowest BCUT2D eigenvalue weighted by molar-refractivity contribution is 0.411. The summed E-state index contributed by atoms with van der Waals surface area (Å²) in [5, 5.41) is 0. The predicted molar refractivity (Wildman–Crippen MR) is 97.0 cm³/mol. The molecule has 0 radical (unpaired) electrons. The van der Waals surface area contributed by atoms with Gasteiger partial charge in [-0.1, -0.05) is 56.7 Å². The first kappa shape index (κ1) is 15.8. The zero-order valence-corrected chi connectivity index (χ0v) is 15.5. The Kier molecular flexibility index (Phi) is 5.90. The molecule has 0 heterocycles. The van der Waals surface area contributed by atoms with Crippen LogP contribution in [0.3, 0.4) is 0 Å². The maximum Gasteiger partial charge on any atom is 0.122 e. The van der Waals surface area contributed by atoms with Gasteiger partial charge in [-0.2, -0.15) is 0 Å². The summed E-state index contributed by atoms with van der Waals surface area (Å²) in [5.41, 5.74) is 5.47. The second-order valence-corrected chi connectivity index (χ2v) is 6.47. The number of ether oxygens (including phenoxy) is 1. The number of alkyl halides is 1. The van der Waals surface area contributed by atoms with Crippen molar-refractivity contribution in [1.82, 2.24) is 0 Å². The van der Waals surface area contributed by atoms with Gasteiger partial charge in [0.1, 0.15) is 5.75 Å². The minimum atomic E-state index is 0.979. The number of hydrogen-bond donors (Lipinski definition) is 0. The Labute approximate surface area is 143 Å². The van der Waals surface area contributed by atoms with Gasteiger partial charge >= 0.3 is 0 Å². The van der Waals surface area contributed by atoms with E-state index in [2.05, 4.69) is 75.8 Å². The predicted octanol–water partition coefficient (Wildman–Crippen LogP) is 5.49. The van der Waals surface area contributed by atoms with Crippen LogP contribution in [0.25, 0.3) is 0 Å². The molecular weight excluding hydrogens is 427 g/mol. The Morgan fingerprint density at radius 1 is 1.05 bits per heavy atom. The van der Waals surface area contributed by atoms with Crippen LogP contribution in [-0.2, 0) is 17.3 Å². The molecule has 0 aliphatic heterocycles. The van der Waals surface area contributed by atoms with Crippen molar-refractivity contribution in [2.75, 3.05) is 7.11 Å². The number of benzene rings is 2. The van der Waals surface area contributed by atoms with E-state index in [1.54, 1.807) is 7.11 Å². The lowest BCUT2D eigenvalue weighted by Crippen LogP contribution is -1.99. The fraction of sp³-hybridized carbons (Fsp3) is 0.294. The zero-order chi connectivity index (χ0) is 14.5. The summed E-state index contributed by atoms with van der Waals surface area (Å²) >= 11 is 5.97. The van der Waals surface area contributed by atoms with Crippen LogP contribution in [0.4, 0.5) is 0 Å². The minimum Gasteiger partial charge on any atom is -0.496 e. The highest BCUT2D eigenvalue weighted by Crippen LogP contribution is 2.24. The average Bonchev–Trinajstić information content (AvgIpc) is 2.47. The summed E-state index contributed by atoms with van der Waals surface area (Å²) in [5.74, 6) is 0.979. The Morgan fingerprint density at radius 2 is 1.80 bits per heavy atom. The van der Waals surface area contributed by atoms with E-state index < -0.39 is 0 Å². The van der Waals surface area contributed by atoms with E-state index in [4.69, 9.17) is 4.74 Å². The monoisotopic (exact) mass is 444 g/mol. The van der Waals surface area contributed by atoms with Crippen molar-refractivity contribution in [2.24, 2.45) is 0 Å². The van der Waals surface area contributed by atoms with Crippen LogP contribution < -0.4 is 4.74 Å². The van der Waals surface area contributed by atoms with E-state index in [-0.39, 0.29) is 0 Å². The van der Waals surface area contributed by atoms with E-state index in [1.807, 2.05) is 6.07 Å². The quantitative estimate of drug-likeness (QED) is 0.437. The van der Waals surface area contributed by atoms with Crippen molar-refractivity contribution in [3.63, 3.8) is 0 Å². The third-order valence-corrected chi connectivity index (χ3v) is 4.91. The average molecular weight is 445 g/mol. The van der Waals surface area contributed by atoms with Crippen molar-refractivity contribution in [3.05, 3.63) is 63.1 Å². The molecule has 0 unspecified atom stereocenters. The molecule has 0 aliphatic rings. The molecule has 20 heavy (non-hydrogen) atoms. The minimum absolute atomic E-state index is 0.979. The number of halogens is 2. The summed E-state index contributed by atoms with van der Waals surface area (Å²) in [4.78, 5) is 0. The maximum atomic E-state index is 5.39. The van der Waals surface area contributed by atoms with Crippen molar-refractivity contribution in [2.45, 2.75) is 24.2 Å². The van der Waals surface area contributed by atoms with Crippen LogP contribution in [0, 0.1) is 6.92 Å². The van der Waals surface area contributed by atoms with Crippen LogP contribution in [-0.4, -0.2) is 7.11 Å². The van der Waals surface area contributed by atoms with E-state index in [0.29, 0.717) is 0 Å². The third-order valence-electron chi connectivity index (χ3n) is 3.59. The van der Waals surface area contributed by atoms with Gasteiger partial charge in [0, 0.05) is 8.90 Å². The van der Waals surface area contributed by atoms with Gasteiger partial charge in [0.05, 0.1) is 7.11 Å². The van der Waals surface area contributed by atoms with Gasteiger partial charge in [-0.05, 0) is 60.2 Å². The summed E-state index contributed by atoms with van der Waals surface area (Å²) < 4.78 is 7.59. The molecular formula is C17H18BrIO. The molecule has 3 heteroatoms. The van der Waals surface area contributed by atoms with Crippen molar-refractivity contribution in [1.29, 1.82) is 0 Å². The molecule has 0 aromatic heterocycles. The topological polar surface area (TPSA) is 9.23 Å². The molecule has 2 aromatic rings. The Morgan fingerprint density at radius 3 is 2.50 bits per heavy atom. The molecule has 0 atom stereocenters. The highest BCUT2D eigenvalue weighted by atomic mass is 127. The summed E-state index contributed by atoms with van der Waals surface area (Å²) in [7, 11) is 1.73. The van der Waals surface area contributed by atoms with E-state index in [0.717, 1.165) is 27.5 Å². The molecule has 0 aliphatic carbocycles. The number of hydrogen-bond acceptors (Lipinski definition) is 1. The Hall–Kier alpha value is -0.550. The molecule has 106 valence electrons. The SMILES string of the molecule is COc1cccc(CCc2ccc(Br)cc2CI)c1C. The smallest absolute Gasteiger partial charge is 0.122 e. The highest BCUT2D eigenvalue weighted by molar-refractivity contribution is 14.1. The second kappa shape index (κ2) is 7.46. The number of methoxy groups -OCH3 is 1. The van der Waals surface area contributed by atoms with Crippen molar-refractivity contribution >= 4 is 38.5 Å². The molecule has 2 aromatic carbocycles. The first-order valence-electron chi connectivity index (χ1n) is 6.61. The van der Waals surface area contributed by atoms with Gasteiger partial charge in [-0.25, -0.2) is 0 Å². The van der Waals surface area contributed by atoms with Crippen LogP contribution >= 0.6 is 38.5 Å². The molecule has 0 spiro atoms. The largest absolute Gasteiger partial charge is 0.496 e. The lowest BCUT2D eigenvalue weighted by Gasteiger charge is -2.12. The molecule has 0 N–H and O–H groups in total. The molecule has 0 amide bonds. The normalized spacial score (nSPS) is 10.6. The Balaban J connectivity index is 2.17. The van der Waals surface area contributed by atoms with Gasteiger partial charge in [0.25, 0.3) is 0 Å². The van der Waals surface area contributed by atoms with Gasteiger partial charge in [-0.3, -0.25) is 0 Å². The van der Waals surface area contributed by atoms with Crippen LogP contribution in [0.1, 0.15) is 22.3 Å². The van der Waals surface area contributed by atoms with Crippen molar-refractivity contribution in [3.8, 4) is 5.75 Å². The first-order chi connectivity index (χ1) is 9.65. The van der Waals surface area contributed by atoms with Gasteiger partial charge in [0.2, 0.25) is 0 Å². The molecule has 0 saturated heterocycles. The summed E-state index contributed by atoms with van der Waals surface area (Å²) in [6.45, 7) is 2.13. The van der Waals surface area contributed by atoms with Gasteiger partial charge in [-0.15, -0.1) is 0 Å². The first-order valence-corrected chi connectivity index (χ1v) is 8.93. The molecule has 0 bridgehead atoms. The van der Waals surface area contributed by atoms with Crippen LogP contribution in [0.15, 0.2) is 40.9 Å². The number of rotatable bonds is 5. The molecule has 1 nitrogen and oxygen atoms in total. The zero-order valence-electron chi connectivity index (χ0n) is 11.7. The van der Waals surface area contributed by atoms with Crippen LogP contribution in [0.2, 0.25) is 0 Å². The maximum absolute atomic E-state index is 5.39. The number of aryl methyl sites for hydroxylation is 2.